The summed E-state index contributed by atoms with van der Waals surface area (Å²) in [6.07, 6.45) is 5.41. The summed E-state index contributed by atoms with van der Waals surface area (Å²) in [5.74, 6) is 0.953. The predicted octanol–water partition coefficient (Wildman–Crippen LogP) is 3.25. The van der Waals surface area contributed by atoms with E-state index in [1.807, 2.05) is 36.0 Å². The second-order valence-electron chi connectivity index (χ2n) is 5.72. The van der Waals surface area contributed by atoms with Gasteiger partial charge in [0, 0.05) is 18.8 Å². The van der Waals surface area contributed by atoms with Crippen molar-refractivity contribution >= 4 is 14.5 Å². The van der Waals surface area contributed by atoms with Gasteiger partial charge in [0.1, 0.15) is 5.75 Å². The maximum atomic E-state index is 6.09. The van der Waals surface area contributed by atoms with Crippen molar-refractivity contribution in [1.82, 2.24) is 9.55 Å². The molecule has 0 aliphatic carbocycles. The van der Waals surface area contributed by atoms with E-state index in [1.165, 1.54) is 0 Å². The molecule has 0 spiro atoms. The summed E-state index contributed by atoms with van der Waals surface area (Å²) in [6, 6.07) is 8.11. The van der Waals surface area contributed by atoms with Gasteiger partial charge >= 0.3 is 0 Å². The molecule has 5 heteroatoms. The summed E-state index contributed by atoms with van der Waals surface area (Å²) in [5, 5.41) is 0. The van der Waals surface area contributed by atoms with Crippen LogP contribution in [0.4, 0.5) is 0 Å². The van der Waals surface area contributed by atoms with Gasteiger partial charge in [0.2, 0.25) is 8.32 Å². The van der Waals surface area contributed by atoms with Crippen LogP contribution in [0.5, 0.6) is 5.75 Å². The lowest BCUT2D eigenvalue weighted by Crippen LogP contribution is -2.29. The highest BCUT2D eigenvalue weighted by molar-refractivity contribution is 6.70. The number of aromatic nitrogens is 2. The zero-order valence-electron chi connectivity index (χ0n) is 12.5. The SMILES string of the molecule is Cn1cncc1/C=N\Cc1ccccc1O[Si](C)(C)C. The van der Waals surface area contributed by atoms with Gasteiger partial charge in [0.05, 0.1) is 24.8 Å². The van der Waals surface area contributed by atoms with Crippen molar-refractivity contribution in [1.29, 1.82) is 0 Å². The van der Waals surface area contributed by atoms with Crippen molar-refractivity contribution < 1.29 is 4.43 Å². The van der Waals surface area contributed by atoms with E-state index >= 15 is 0 Å². The van der Waals surface area contributed by atoms with E-state index in [-0.39, 0.29) is 0 Å². The maximum Gasteiger partial charge on any atom is 0.242 e. The van der Waals surface area contributed by atoms with Gasteiger partial charge in [-0.3, -0.25) is 4.99 Å². The van der Waals surface area contributed by atoms with Crippen LogP contribution < -0.4 is 4.43 Å². The Morgan fingerprint density at radius 3 is 2.70 bits per heavy atom. The van der Waals surface area contributed by atoms with Crippen molar-refractivity contribution in [3.05, 3.63) is 48.0 Å². The number of hydrogen-bond donors (Lipinski definition) is 0. The molecule has 0 unspecified atom stereocenters. The highest BCUT2D eigenvalue weighted by atomic mass is 28.4. The van der Waals surface area contributed by atoms with E-state index in [1.54, 1.807) is 12.5 Å². The van der Waals surface area contributed by atoms with Crippen molar-refractivity contribution in [3.8, 4) is 5.75 Å². The zero-order chi connectivity index (χ0) is 14.6. The van der Waals surface area contributed by atoms with Crippen LogP contribution in [0.1, 0.15) is 11.3 Å². The first kappa shape index (κ1) is 14.5. The van der Waals surface area contributed by atoms with Gasteiger partial charge in [-0.2, -0.15) is 0 Å². The van der Waals surface area contributed by atoms with Crippen LogP contribution >= 0.6 is 0 Å². The van der Waals surface area contributed by atoms with E-state index < -0.39 is 8.32 Å². The summed E-state index contributed by atoms with van der Waals surface area (Å²) in [7, 11) is 0.358. The topological polar surface area (TPSA) is 39.4 Å². The normalized spacial score (nSPS) is 12.0. The standard InChI is InChI=1S/C15H21N3OSi/c1-18-12-17-11-14(18)10-16-9-13-7-5-6-8-15(13)19-20(2,3)4/h5-8,10-12H,9H2,1-4H3/b16-10-. The average Bonchev–Trinajstić information content (AvgIpc) is 2.75. The molecule has 0 aliphatic rings. The van der Waals surface area contributed by atoms with Crippen LogP contribution in [-0.4, -0.2) is 24.1 Å². The van der Waals surface area contributed by atoms with E-state index in [0.29, 0.717) is 6.54 Å². The molecule has 0 fully saturated rings. The van der Waals surface area contributed by atoms with Gasteiger partial charge in [-0.1, -0.05) is 18.2 Å². The van der Waals surface area contributed by atoms with Gasteiger partial charge in [0.25, 0.3) is 0 Å². The predicted molar refractivity (Wildman–Crippen MR) is 84.9 cm³/mol. The smallest absolute Gasteiger partial charge is 0.242 e. The average molecular weight is 287 g/mol. The van der Waals surface area contributed by atoms with Crippen LogP contribution in [0.2, 0.25) is 19.6 Å². The van der Waals surface area contributed by atoms with Gasteiger partial charge in [-0.25, -0.2) is 4.98 Å². The Kier molecular flexibility index (Phi) is 4.39. The Morgan fingerprint density at radius 2 is 2.05 bits per heavy atom. The molecule has 0 aliphatic heterocycles. The number of nitrogens with zero attached hydrogens (tertiary/aromatic N) is 3. The van der Waals surface area contributed by atoms with Gasteiger partial charge in [0.15, 0.2) is 0 Å². The molecule has 4 nitrogen and oxygen atoms in total. The van der Waals surface area contributed by atoms with Crippen LogP contribution in [0.15, 0.2) is 41.8 Å². The third-order valence-electron chi connectivity index (χ3n) is 2.73. The summed E-state index contributed by atoms with van der Waals surface area (Å²) in [5.41, 5.74) is 2.11. The lowest BCUT2D eigenvalue weighted by atomic mass is 10.2. The van der Waals surface area contributed by atoms with E-state index in [4.69, 9.17) is 4.43 Å². The third kappa shape index (κ3) is 4.06. The molecule has 2 rings (SSSR count). The molecule has 0 saturated heterocycles. The van der Waals surface area contributed by atoms with Gasteiger partial charge < -0.3 is 8.99 Å². The number of rotatable bonds is 5. The fourth-order valence-electron chi connectivity index (χ4n) is 1.79. The summed E-state index contributed by atoms with van der Waals surface area (Å²) in [6.45, 7) is 7.17. The Hall–Kier alpha value is -1.88. The molecular weight excluding hydrogens is 266 g/mol. The molecule has 2 aromatic rings. The van der Waals surface area contributed by atoms with Crippen molar-refractivity contribution in [2.75, 3.05) is 0 Å². The molecule has 0 bridgehead atoms. The molecule has 1 aromatic carbocycles. The number of para-hydroxylation sites is 1. The molecule has 1 heterocycles. The monoisotopic (exact) mass is 287 g/mol. The first-order chi connectivity index (χ1) is 9.46. The minimum Gasteiger partial charge on any atom is -0.544 e. The molecule has 0 amide bonds. The fraction of sp³-hybridized carbons (Fsp3) is 0.333. The maximum absolute atomic E-state index is 6.09. The summed E-state index contributed by atoms with van der Waals surface area (Å²) < 4.78 is 8.03. The van der Waals surface area contributed by atoms with Crippen molar-refractivity contribution in [3.63, 3.8) is 0 Å². The van der Waals surface area contributed by atoms with E-state index in [9.17, 15) is 0 Å². The fourth-order valence-corrected chi connectivity index (χ4v) is 2.65. The summed E-state index contributed by atoms with van der Waals surface area (Å²) >= 11 is 0. The molecule has 0 radical (unpaired) electrons. The molecular formula is C15H21N3OSi. The number of imidazole rings is 1. The largest absolute Gasteiger partial charge is 0.544 e. The van der Waals surface area contributed by atoms with Crippen LogP contribution in [0.3, 0.4) is 0 Å². The lowest BCUT2D eigenvalue weighted by Gasteiger charge is -2.21. The van der Waals surface area contributed by atoms with Crippen molar-refractivity contribution in [2.24, 2.45) is 12.0 Å². The van der Waals surface area contributed by atoms with Gasteiger partial charge in [-0.15, -0.1) is 0 Å². The van der Waals surface area contributed by atoms with Crippen LogP contribution in [0, 0.1) is 0 Å². The highest BCUT2D eigenvalue weighted by Gasteiger charge is 2.17. The molecule has 1 aromatic heterocycles. The van der Waals surface area contributed by atoms with Crippen LogP contribution in [-0.2, 0) is 13.6 Å². The minimum atomic E-state index is -1.60. The van der Waals surface area contributed by atoms with E-state index in [0.717, 1.165) is 17.0 Å². The summed E-state index contributed by atoms with van der Waals surface area (Å²) in [4.78, 5) is 8.55. The Bertz CT molecular complexity index is 599. The quantitative estimate of drug-likeness (QED) is 0.625. The Balaban J connectivity index is 2.10. The van der Waals surface area contributed by atoms with Gasteiger partial charge in [-0.05, 0) is 25.7 Å². The minimum absolute atomic E-state index is 0.617. The van der Waals surface area contributed by atoms with E-state index in [2.05, 4.69) is 35.7 Å². The Labute approximate surface area is 121 Å². The first-order valence-electron chi connectivity index (χ1n) is 6.69. The number of aryl methyl sites for hydroxylation is 1. The number of hydrogen-bond acceptors (Lipinski definition) is 3. The molecule has 0 saturated carbocycles. The molecule has 0 atom stereocenters. The molecule has 20 heavy (non-hydrogen) atoms. The second-order valence-corrected chi connectivity index (χ2v) is 10.2. The zero-order valence-corrected chi connectivity index (χ0v) is 13.5. The first-order valence-corrected chi connectivity index (χ1v) is 10.1. The molecule has 0 N–H and O–H groups in total. The van der Waals surface area contributed by atoms with Crippen molar-refractivity contribution in [2.45, 2.75) is 26.2 Å². The molecule has 106 valence electrons. The van der Waals surface area contributed by atoms with Crippen LogP contribution in [0.25, 0.3) is 0 Å². The number of benzene rings is 1. The lowest BCUT2D eigenvalue weighted by molar-refractivity contribution is 0.549. The third-order valence-corrected chi connectivity index (χ3v) is 3.56. The Morgan fingerprint density at radius 1 is 1.30 bits per heavy atom. The second kappa shape index (κ2) is 6.05. The highest BCUT2D eigenvalue weighted by Crippen LogP contribution is 2.22. The number of aliphatic imine (C=N–C) groups is 1.